The Kier molecular flexibility index (Phi) is 6.09. The lowest BCUT2D eigenvalue weighted by Crippen LogP contribution is -2.19. The van der Waals surface area contributed by atoms with Crippen LogP contribution in [0.25, 0.3) is 5.65 Å². The van der Waals surface area contributed by atoms with Crippen LogP contribution in [0.5, 0.6) is 5.75 Å². The third-order valence-corrected chi connectivity index (χ3v) is 5.21. The lowest BCUT2D eigenvalue weighted by atomic mass is 10.2. The molecule has 2 aromatic heterocycles. The summed E-state index contributed by atoms with van der Waals surface area (Å²) >= 11 is 6.08. The van der Waals surface area contributed by atoms with Crippen LogP contribution in [-0.4, -0.2) is 15.4 Å². The molecule has 2 heterocycles. The summed E-state index contributed by atoms with van der Waals surface area (Å²) in [6.45, 7) is 3.92. The number of nitrogens with zero attached hydrogens (tertiary/aromatic N) is 2. The highest BCUT2D eigenvalue weighted by atomic mass is 35.5. The van der Waals surface area contributed by atoms with Gasteiger partial charge in [0.2, 0.25) is 0 Å². The van der Waals surface area contributed by atoms with E-state index < -0.39 is 6.03 Å². The number of hydrogen-bond acceptors (Lipinski definition) is 4. The molecule has 32 heavy (non-hydrogen) atoms. The zero-order chi connectivity index (χ0) is 22.7. The first-order valence-corrected chi connectivity index (χ1v) is 10.3. The molecule has 7 nitrogen and oxygen atoms in total. The molecular formula is C24H21ClN4O3. The fraction of sp³-hybridized carbons (Fsp3) is 0.125. The maximum Gasteiger partial charge on any atom is 0.323 e. The van der Waals surface area contributed by atoms with Gasteiger partial charge in [0.25, 0.3) is 5.56 Å². The Morgan fingerprint density at radius 3 is 2.66 bits per heavy atom. The van der Waals surface area contributed by atoms with Gasteiger partial charge in [0, 0.05) is 24.0 Å². The molecule has 0 saturated carbocycles. The molecule has 2 N–H and O–H groups in total. The molecule has 0 saturated heterocycles. The van der Waals surface area contributed by atoms with E-state index in [1.165, 1.54) is 10.5 Å². The second-order valence-electron chi connectivity index (χ2n) is 7.30. The van der Waals surface area contributed by atoms with Gasteiger partial charge in [-0.15, -0.1) is 0 Å². The third kappa shape index (κ3) is 4.73. The zero-order valence-corrected chi connectivity index (χ0v) is 18.3. The van der Waals surface area contributed by atoms with Gasteiger partial charge in [-0.05, 0) is 49.2 Å². The summed E-state index contributed by atoms with van der Waals surface area (Å²) in [4.78, 5) is 29.3. The van der Waals surface area contributed by atoms with Crippen molar-refractivity contribution in [2.45, 2.75) is 20.5 Å². The molecule has 4 rings (SSSR count). The van der Waals surface area contributed by atoms with Gasteiger partial charge in [-0.25, -0.2) is 9.78 Å². The molecule has 0 spiro atoms. The number of aromatic nitrogens is 2. The first-order valence-electron chi connectivity index (χ1n) is 9.94. The van der Waals surface area contributed by atoms with Gasteiger partial charge in [-0.3, -0.25) is 9.20 Å². The zero-order valence-electron chi connectivity index (χ0n) is 17.6. The minimum atomic E-state index is -0.424. The number of carbonyl (C=O) groups is 1. The Morgan fingerprint density at radius 2 is 1.84 bits per heavy atom. The van der Waals surface area contributed by atoms with E-state index in [-0.39, 0.29) is 12.2 Å². The van der Waals surface area contributed by atoms with Gasteiger partial charge in [0.05, 0.1) is 16.4 Å². The lowest BCUT2D eigenvalue weighted by molar-refractivity contribution is 0.262. The van der Waals surface area contributed by atoms with Crippen LogP contribution in [0.4, 0.5) is 16.2 Å². The van der Waals surface area contributed by atoms with E-state index in [0.29, 0.717) is 33.5 Å². The molecule has 0 aliphatic heterocycles. The predicted octanol–water partition coefficient (Wildman–Crippen LogP) is 5.19. The van der Waals surface area contributed by atoms with E-state index in [1.54, 1.807) is 42.6 Å². The number of pyridine rings is 1. The summed E-state index contributed by atoms with van der Waals surface area (Å²) in [5.41, 5.74) is 3.81. The van der Waals surface area contributed by atoms with Crippen molar-refractivity contribution in [1.82, 2.24) is 9.38 Å². The number of carbonyl (C=O) groups excluding carboxylic acids is 1. The number of fused-ring (bicyclic) bond motifs is 1. The molecule has 4 aromatic rings. The lowest BCUT2D eigenvalue weighted by Gasteiger charge is -2.13. The number of ether oxygens (including phenoxy) is 1. The Balaban J connectivity index is 1.48. The van der Waals surface area contributed by atoms with Crippen LogP contribution in [-0.2, 0) is 6.61 Å². The van der Waals surface area contributed by atoms with Gasteiger partial charge in [-0.2, -0.15) is 0 Å². The average Bonchev–Trinajstić information content (AvgIpc) is 2.76. The first-order chi connectivity index (χ1) is 15.4. The predicted molar refractivity (Wildman–Crippen MR) is 126 cm³/mol. The molecule has 8 heteroatoms. The number of hydrogen-bond donors (Lipinski definition) is 2. The number of rotatable bonds is 5. The standard InChI is InChI=1S/C24H21ClN4O3/c1-15-9-10-17(27-24(31)28-20-8-4-3-7-19(20)25)12-21(15)32-14-18-13-22(30)29-11-5-6-16(2)23(29)26-18/h3-13H,14H2,1-2H3,(H2,27,28,31). The highest BCUT2D eigenvalue weighted by Crippen LogP contribution is 2.25. The van der Waals surface area contributed by atoms with Crippen LogP contribution in [0.2, 0.25) is 5.02 Å². The second kappa shape index (κ2) is 9.11. The van der Waals surface area contributed by atoms with E-state index in [0.717, 1.165) is 11.1 Å². The van der Waals surface area contributed by atoms with E-state index in [1.807, 2.05) is 32.0 Å². The van der Waals surface area contributed by atoms with Crippen molar-refractivity contribution in [2.24, 2.45) is 0 Å². The summed E-state index contributed by atoms with van der Waals surface area (Å²) in [6.07, 6.45) is 1.69. The van der Waals surface area contributed by atoms with Crippen LogP contribution in [0.1, 0.15) is 16.8 Å². The molecule has 0 aliphatic rings. The van der Waals surface area contributed by atoms with Gasteiger partial charge in [0.1, 0.15) is 18.0 Å². The monoisotopic (exact) mass is 448 g/mol. The van der Waals surface area contributed by atoms with Crippen molar-refractivity contribution in [1.29, 1.82) is 0 Å². The van der Waals surface area contributed by atoms with E-state index >= 15 is 0 Å². The second-order valence-corrected chi connectivity index (χ2v) is 7.71. The van der Waals surface area contributed by atoms with Gasteiger partial charge >= 0.3 is 6.03 Å². The Morgan fingerprint density at radius 1 is 1.03 bits per heavy atom. The molecule has 0 unspecified atom stereocenters. The maximum absolute atomic E-state index is 12.4. The topological polar surface area (TPSA) is 84.7 Å². The number of halogens is 1. The van der Waals surface area contributed by atoms with Crippen LogP contribution in [0, 0.1) is 13.8 Å². The summed E-state index contributed by atoms with van der Waals surface area (Å²) in [5.74, 6) is 0.576. The van der Waals surface area contributed by atoms with E-state index in [9.17, 15) is 9.59 Å². The molecule has 2 amide bonds. The Hall–Kier alpha value is -3.84. The van der Waals surface area contributed by atoms with Crippen molar-refractivity contribution < 1.29 is 9.53 Å². The van der Waals surface area contributed by atoms with Gasteiger partial charge in [0.15, 0.2) is 0 Å². The van der Waals surface area contributed by atoms with Crippen molar-refractivity contribution in [3.63, 3.8) is 0 Å². The number of benzene rings is 2. The molecule has 0 radical (unpaired) electrons. The quantitative estimate of drug-likeness (QED) is 0.440. The van der Waals surface area contributed by atoms with E-state index in [2.05, 4.69) is 15.6 Å². The van der Waals surface area contributed by atoms with Crippen molar-refractivity contribution in [3.05, 3.63) is 99.1 Å². The van der Waals surface area contributed by atoms with E-state index in [4.69, 9.17) is 16.3 Å². The maximum atomic E-state index is 12.4. The first kappa shape index (κ1) is 21.4. The summed E-state index contributed by atoms with van der Waals surface area (Å²) in [7, 11) is 0. The fourth-order valence-electron chi connectivity index (χ4n) is 3.22. The highest BCUT2D eigenvalue weighted by molar-refractivity contribution is 6.33. The number of para-hydroxylation sites is 1. The molecule has 0 bridgehead atoms. The molecule has 0 fully saturated rings. The highest BCUT2D eigenvalue weighted by Gasteiger charge is 2.09. The molecule has 0 aliphatic carbocycles. The minimum Gasteiger partial charge on any atom is -0.487 e. The third-order valence-electron chi connectivity index (χ3n) is 4.88. The van der Waals surface area contributed by atoms with Crippen LogP contribution in [0.15, 0.2) is 71.7 Å². The number of amides is 2. The molecule has 162 valence electrons. The fourth-order valence-corrected chi connectivity index (χ4v) is 3.40. The number of urea groups is 1. The van der Waals surface area contributed by atoms with Crippen LogP contribution in [0.3, 0.4) is 0 Å². The largest absolute Gasteiger partial charge is 0.487 e. The summed E-state index contributed by atoms with van der Waals surface area (Å²) < 4.78 is 7.43. The Labute approximate surface area is 189 Å². The smallest absolute Gasteiger partial charge is 0.323 e. The van der Waals surface area contributed by atoms with Crippen molar-refractivity contribution in [2.75, 3.05) is 10.6 Å². The van der Waals surface area contributed by atoms with Crippen molar-refractivity contribution >= 4 is 34.7 Å². The van der Waals surface area contributed by atoms with Gasteiger partial charge < -0.3 is 15.4 Å². The molecule has 2 aromatic carbocycles. The normalized spacial score (nSPS) is 10.7. The van der Waals surface area contributed by atoms with Gasteiger partial charge in [-0.1, -0.05) is 35.9 Å². The SMILES string of the molecule is Cc1ccc(NC(=O)Nc2ccccc2Cl)cc1OCc1cc(=O)n2cccc(C)c2n1. The number of nitrogens with one attached hydrogen (secondary N) is 2. The number of aryl methyl sites for hydroxylation is 2. The Bertz CT molecular complexity index is 1370. The molecule has 0 atom stereocenters. The average molecular weight is 449 g/mol. The van der Waals surface area contributed by atoms with Crippen LogP contribution < -0.4 is 20.9 Å². The number of anilines is 2. The van der Waals surface area contributed by atoms with Crippen molar-refractivity contribution in [3.8, 4) is 5.75 Å². The molecular weight excluding hydrogens is 428 g/mol. The minimum absolute atomic E-state index is 0.121. The van der Waals surface area contributed by atoms with Crippen LogP contribution >= 0.6 is 11.6 Å². The summed E-state index contributed by atoms with van der Waals surface area (Å²) in [6, 6.07) is 17.1. The summed E-state index contributed by atoms with van der Waals surface area (Å²) in [5, 5.41) is 5.92.